The van der Waals surface area contributed by atoms with Crippen molar-refractivity contribution in [1.29, 1.82) is 0 Å². The third-order valence-electron chi connectivity index (χ3n) is 2.60. The minimum absolute atomic E-state index is 0.253. The van der Waals surface area contributed by atoms with Gasteiger partial charge in [0.25, 0.3) is 0 Å². The summed E-state index contributed by atoms with van der Waals surface area (Å²) in [5.74, 6) is 0.135. The molecule has 2 aromatic rings. The summed E-state index contributed by atoms with van der Waals surface area (Å²) in [6, 6.07) is 2.98. The molecule has 2 N–H and O–H groups in total. The van der Waals surface area contributed by atoms with Gasteiger partial charge in [0.05, 0.1) is 11.2 Å². The third kappa shape index (κ3) is 1.57. The van der Waals surface area contributed by atoms with Crippen LogP contribution in [0.5, 0.6) is 0 Å². The molecule has 2 rings (SSSR count). The number of benzene rings is 1. The lowest BCUT2D eigenvalue weighted by Gasteiger charge is -2.02. The lowest BCUT2D eigenvalue weighted by molar-refractivity contribution is 0.630. The average molecular weight is 227 g/mol. The Morgan fingerprint density at radius 1 is 1.47 bits per heavy atom. The molecule has 0 radical (unpaired) electrons. The Hall–Kier alpha value is -1.22. The molecule has 4 heteroatoms. The van der Waals surface area contributed by atoms with E-state index in [4.69, 9.17) is 11.6 Å². The summed E-state index contributed by atoms with van der Waals surface area (Å²) in [5, 5.41) is 3.81. The number of hydrogen-bond donors (Lipinski definition) is 2. The number of H-pyrrole nitrogens is 1. The van der Waals surface area contributed by atoms with Crippen molar-refractivity contribution in [3.8, 4) is 0 Å². The fourth-order valence-corrected chi connectivity index (χ4v) is 2.16. The van der Waals surface area contributed by atoms with Crippen molar-refractivity contribution in [2.24, 2.45) is 0 Å². The van der Waals surface area contributed by atoms with Crippen molar-refractivity contribution < 1.29 is 4.39 Å². The van der Waals surface area contributed by atoms with Crippen LogP contribution >= 0.6 is 11.6 Å². The van der Waals surface area contributed by atoms with E-state index < -0.39 is 0 Å². The van der Waals surface area contributed by atoms with Gasteiger partial charge in [0.1, 0.15) is 5.82 Å². The maximum atomic E-state index is 13.3. The second kappa shape index (κ2) is 3.74. The molecule has 15 heavy (non-hydrogen) atoms. The van der Waals surface area contributed by atoms with Crippen LogP contribution < -0.4 is 5.32 Å². The van der Waals surface area contributed by atoms with Crippen molar-refractivity contribution in [1.82, 2.24) is 4.98 Å². The van der Waals surface area contributed by atoms with Gasteiger partial charge in [-0.1, -0.05) is 0 Å². The van der Waals surface area contributed by atoms with Gasteiger partial charge in [-0.3, -0.25) is 0 Å². The monoisotopic (exact) mass is 226 g/mol. The summed E-state index contributed by atoms with van der Waals surface area (Å²) >= 11 is 5.84. The minimum Gasteiger partial charge on any atom is -0.386 e. The van der Waals surface area contributed by atoms with Crippen molar-refractivity contribution in [2.45, 2.75) is 12.8 Å². The van der Waals surface area contributed by atoms with Crippen LogP contribution in [0.2, 0.25) is 0 Å². The molecule has 0 saturated carbocycles. The number of rotatable bonds is 2. The number of fused-ring (bicyclic) bond motifs is 1. The summed E-state index contributed by atoms with van der Waals surface area (Å²) in [6.07, 6.45) is 0. The van der Waals surface area contributed by atoms with Crippen molar-refractivity contribution in [3.05, 3.63) is 29.2 Å². The summed E-state index contributed by atoms with van der Waals surface area (Å²) in [5.41, 5.74) is 3.61. The van der Waals surface area contributed by atoms with Crippen LogP contribution in [0.25, 0.3) is 10.9 Å². The van der Waals surface area contributed by atoms with Gasteiger partial charge < -0.3 is 10.3 Å². The Bertz CT molecular complexity index is 505. The highest BCUT2D eigenvalue weighted by Gasteiger charge is 2.11. The van der Waals surface area contributed by atoms with Crippen LogP contribution in [0.3, 0.4) is 0 Å². The quantitative estimate of drug-likeness (QED) is 0.755. The van der Waals surface area contributed by atoms with E-state index in [0.717, 1.165) is 27.8 Å². The first-order valence-corrected chi connectivity index (χ1v) is 5.25. The largest absolute Gasteiger partial charge is 0.386 e. The lowest BCUT2D eigenvalue weighted by atomic mass is 10.1. The highest BCUT2D eigenvalue weighted by Crippen LogP contribution is 2.30. The zero-order valence-electron chi connectivity index (χ0n) is 8.62. The van der Waals surface area contributed by atoms with Gasteiger partial charge in [-0.25, -0.2) is 4.39 Å². The summed E-state index contributed by atoms with van der Waals surface area (Å²) in [4.78, 5) is 3.21. The molecule has 0 amide bonds. The maximum absolute atomic E-state index is 13.3. The number of aryl methyl sites for hydroxylation is 1. The highest BCUT2D eigenvalue weighted by molar-refractivity contribution is 6.18. The summed E-state index contributed by atoms with van der Waals surface area (Å²) in [6.45, 7) is 1.94. The first kappa shape index (κ1) is 10.3. The molecular weight excluding hydrogens is 215 g/mol. The van der Waals surface area contributed by atoms with E-state index in [1.807, 2.05) is 6.92 Å². The molecule has 0 unspecified atom stereocenters. The second-order valence-electron chi connectivity index (χ2n) is 3.49. The molecule has 0 saturated heterocycles. The molecule has 0 aliphatic rings. The molecule has 0 atom stereocenters. The Kier molecular flexibility index (Phi) is 2.57. The zero-order valence-corrected chi connectivity index (χ0v) is 9.37. The van der Waals surface area contributed by atoms with Crippen LogP contribution in [0, 0.1) is 12.7 Å². The predicted molar refractivity (Wildman–Crippen MR) is 62.1 cm³/mol. The fourth-order valence-electron chi connectivity index (χ4n) is 1.81. The number of aromatic nitrogens is 1. The van der Waals surface area contributed by atoms with Gasteiger partial charge in [-0.15, -0.1) is 11.6 Å². The molecule has 0 spiro atoms. The van der Waals surface area contributed by atoms with Crippen molar-refractivity contribution in [2.75, 3.05) is 12.4 Å². The number of nitrogens with one attached hydrogen (secondary N) is 2. The highest BCUT2D eigenvalue weighted by atomic mass is 35.5. The van der Waals surface area contributed by atoms with Crippen molar-refractivity contribution >= 4 is 28.2 Å². The molecule has 1 aromatic carbocycles. The van der Waals surface area contributed by atoms with Crippen LogP contribution in [0.4, 0.5) is 10.1 Å². The van der Waals surface area contributed by atoms with Crippen molar-refractivity contribution in [3.63, 3.8) is 0 Å². The van der Waals surface area contributed by atoms with Gasteiger partial charge in [-0.2, -0.15) is 0 Å². The van der Waals surface area contributed by atoms with E-state index in [1.54, 1.807) is 7.05 Å². The molecule has 1 heterocycles. The Balaban J connectivity index is 2.83. The number of aromatic amines is 1. The molecule has 1 aromatic heterocycles. The first-order valence-electron chi connectivity index (χ1n) is 4.71. The molecule has 0 aliphatic carbocycles. The topological polar surface area (TPSA) is 27.8 Å². The molecule has 0 aliphatic heterocycles. The van der Waals surface area contributed by atoms with Gasteiger partial charge >= 0.3 is 0 Å². The first-order chi connectivity index (χ1) is 7.17. The smallest absolute Gasteiger partial charge is 0.126 e. The normalized spacial score (nSPS) is 10.9. The Morgan fingerprint density at radius 2 is 2.20 bits per heavy atom. The lowest BCUT2D eigenvalue weighted by Crippen LogP contribution is -1.90. The van der Waals surface area contributed by atoms with E-state index in [-0.39, 0.29) is 5.82 Å². The van der Waals surface area contributed by atoms with Gasteiger partial charge in [0.15, 0.2) is 0 Å². The number of hydrogen-bond acceptors (Lipinski definition) is 1. The maximum Gasteiger partial charge on any atom is 0.126 e. The SMILES string of the molecule is CNc1cc(F)cc2c(CCl)c(C)[nH]c12. The van der Waals surface area contributed by atoms with E-state index in [1.165, 1.54) is 12.1 Å². The molecular formula is C11H12ClFN2. The molecule has 0 bridgehead atoms. The Morgan fingerprint density at radius 3 is 2.80 bits per heavy atom. The molecule has 2 nitrogen and oxygen atoms in total. The van der Waals surface area contributed by atoms with E-state index in [9.17, 15) is 4.39 Å². The number of halogens is 2. The van der Waals surface area contributed by atoms with Gasteiger partial charge in [-0.05, 0) is 24.6 Å². The minimum atomic E-state index is -0.253. The van der Waals surface area contributed by atoms with Crippen LogP contribution in [0.1, 0.15) is 11.3 Å². The second-order valence-corrected chi connectivity index (χ2v) is 3.76. The van der Waals surface area contributed by atoms with Gasteiger partial charge in [0.2, 0.25) is 0 Å². The summed E-state index contributed by atoms with van der Waals surface area (Å²) < 4.78 is 13.3. The molecule has 0 fully saturated rings. The van der Waals surface area contributed by atoms with E-state index in [2.05, 4.69) is 10.3 Å². The Labute approximate surface area is 92.4 Å². The van der Waals surface area contributed by atoms with E-state index in [0.29, 0.717) is 5.88 Å². The standard InChI is InChI=1S/C11H12ClFN2/c1-6-9(5-12)8-3-7(13)4-10(14-2)11(8)15-6/h3-4,14-15H,5H2,1-2H3. The summed E-state index contributed by atoms with van der Waals surface area (Å²) in [7, 11) is 1.77. The fraction of sp³-hybridized carbons (Fsp3) is 0.273. The van der Waals surface area contributed by atoms with Crippen LogP contribution in [0.15, 0.2) is 12.1 Å². The number of alkyl halides is 1. The predicted octanol–water partition coefficient (Wildman–Crippen LogP) is 3.40. The molecule has 80 valence electrons. The van der Waals surface area contributed by atoms with Gasteiger partial charge in [0, 0.05) is 24.0 Å². The van der Waals surface area contributed by atoms with Crippen LogP contribution in [-0.2, 0) is 5.88 Å². The number of anilines is 1. The van der Waals surface area contributed by atoms with Crippen LogP contribution in [-0.4, -0.2) is 12.0 Å². The zero-order chi connectivity index (χ0) is 11.0. The third-order valence-corrected chi connectivity index (χ3v) is 2.86. The average Bonchev–Trinajstić information content (AvgIpc) is 2.52. The van der Waals surface area contributed by atoms with E-state index >= 15 is 0 Å².